The van der Waals surface area contributed by atoms with Gasteiger partial charge in [0.25, 0.3) is 0 Å². The Labute approximate surface area is 164 Å². The van der Waals surface area contributed by atoms with Crippen molar-refractivity contribution >= 4 is 22.7 Å². The van der Waals surface area contributed by atoms with Crippen LogP contribution in [0.2, 0.25) is 0 Å². The number of aromatic nitrogens is 5. The Bertz CT molecular complexity index is 987. The van der Waals surface area contributed by atoms with Crippen LogP contribution in [-0.4, -0.2) is 38.2 Å². The maximum atomic E-state index is 5.95. The van der Waals surface area contributed by atoms with Crippen molar-refractivity contribution in [2.45, 2.75) is 51.4 Å². The minimum absolute atomic E-state index is 0.283. The summed E-state index contributed by atoms with van der Waals surface area (Å²) in [6, 6.07) is 4.09. The lowest BCUT2D eigenvalue weighted by Crippen LogP contribution is -2.31. The van der Waals surface area contributed by atoms with Crippen molar-refractivity contribution in [3.8, 4) is 0 Å². The third-order valence-corrected chi connectivity index (χ3v) is 6.58. The summed E-state index contributed by atoms with van der Waals surface area (Å²) in [6.07, 6.45) is 10.4. The van der Waals surface area contributed by atoms with Gasteiger partial charge in [0.15, 0.2) is 17.0 Å². The lowest BCUT2D eigenvalue weighted by Gasteiger charge is -2.36. The van der Waals surface area contributed by atoms with Gasteiger partial charge in [-0.25, -0.2) is 9.97 Å². The van der Waals surface area contributed by atoms with Crippen LogP contribution in [0, 0.1) is 5.41 Å². The minimum atomic E-state index is 0.283. The smallest absolute Gasteiger partial charge is 0.183 e. The predicted octanol–water partition coefficient (Wildman–Crippen LogP) is 3.45. The Balaban J connectivity index is 1.44. The first-order chi connectivity index (χ1) is 13.7. The standard InChI is InChI=1S/C21H27N7/c1-21(13-22)8-6-14(7-9-21)16-12-24-18-19(25-16)26-27-20(18)28-11-3-4-15-17(28)5-2-10-23-15/h2,5,10,12,14H,3-4,6-9,11,13,22H2,1H3,(H,25,26,27)/t14-,21-. The number of fused-ring (bicyclic) bond motifs is 2. The monoisotopic (exact) mass is 377 g/mol. The second kappa shape index (κ2) is 6.81. The fourth-order valence-electron chi connectivity index (χ4n) is 4.62. The van der Waals surface area contributed by atoms with Gasteiger partial charge >= 0.3 is 0 Å². The van der Waals surface area contributed by atoms with Crippen LogP contribution in [0.15, 0.2) is 24.5 Å². The van der Waals surface area contributed by atoms with Gasteiger partial charge in [-0.05, 0) is 62.6 Å². The van der Waals surface area contributed by atoms with Crippen LogP contribution in [0.5, 0.6) is 0 Å². The van der Waals surface area contributed by atoms with Gasteiger partial charge in [0.1, 0.15) is 0 Å². The van der Waals surface area contributed by atoms with Crippen molar-refractivity contribution in [2.24, 2.45) is 11.1 Å². The van der Waals surface area contributed by atoms with Gasteiger partial charge in [-0.3, -0.25) is 10.1 Å². The number of hydrogen-bond donors (Lipinski definition) is 2. The molecule has 5 rings (SSSR count). The van der Waals surface area contributed by atoms with Crippen molar-refractivity contribution in [3.63, 3.8) is 0 Å². The molecule has 0 saturated heterocycles. The first-order valence-corrected chi connectivity index (χ1v) is 10.3. The van der Waals surface area contributed by atoms with E-state index in [1.807, 2.05) is 18.5 Å². The molecule has 1 aliphatic carbocycles. The number of nitrogens with one attached hydrogen (secondary N) is 1. The Hall–Kier alpha value is -2.54. The third kappa shape index (κ3) is 2.94. The molecule has 3 aromatic heterocycles. The van der Waals surface area contributed by atoms with E-state index in [0.717, 1.165) is 85.7 Å². The van der Waals surface area contributed by atoms with Gasteiger partial charge in [-0.1, -0.05) is 6.92 Å². The molecule has 3 N–H and O–H groups in total. The normalized spacial score (nSPS) is 25.1. The van der Waals surface area contributed by atoms with E-state index in [2.05, 4.69) is 33.1 Å². The summed E-state index contributed by atoms with van der Waals surface area (Å²) < 4.78 is 0. The Morgan fingerprint density at radius 1 is 1.29 bits per heavy atom. The van der Waals surface area contributed by atoms with Crippen molar-refractivity contribution in [3.05, 3.63) is 35.9 Å². The Morgan fingerprint density at radius 3 is 2.96 bits per heavy atom. The van der Waals surface area contributed by atoms with Crippen LogP contribution < -0.4 is 10.6 Å². The maximum absolute atomic E-state index is 5.95. The molecule has 3 aromatic rings. The number of hydrogen-bond acceptors (Lipinski definition) is 6. The summed E-state index contributed by atoms with van der Waals surface area (Å²) >= 11 is 0. The average Bonchev–Trinajstić information content (AvgIpc) is 3.17. The molecule has 1 fully saturated rings. The lowest BCUT2D eigenvalue weighted by atomic mass is 9.71. The van der Waals surface area contributed by atoms with Crippen LogP contribution in [0.1, 0.15) is 56.3 Å². The molecule has 0 aromatic carbocycles. The van der Waals surface area contributed by atoms with Gasteiger partial charge in [0.2, 0.25) is 0 Å². The van der Waals surface area contributed by atoms with Gasteiger partial charge < -0.3 is 10.6 Å². The minimum Gasteiger partial charge on any atom is -0.330 e. The molecule has 28 heavy (non-hydrogen) atoms. The number of nitrogens with zero attached hydrogens (tertiary/aromatic N) is 5. The summed E-state index contributed by atoms with van der Waals surface area (Å²) in [5, 5.41) is 7.69. The fourth-order valence-corrected chi connectivity index (χ4v) is 4.62. The number of nitrogens with two attached hydrogens (primary N) is 1. The van der Waals surface area contributed by atoms with Crippen molar-refractivity contribution in [2.75, 3.05) is 18.0 Å². The van der Waals surface area contributed by atoms with E-state index in [1.165, 1.54) is 0 Å². The summed E-state index contributed by atoms with van der Waals surface area (Å²) in [5.41, 5.74) is 11.2. The second-order valence-electron chi connectivity index (χ2n) is 8.55. The van der Waals surface area contributed by atoms with Crippen LogP contribution in [0.4, 0.5) is 11.5 Å². The topological polar surface area (TPSA) is 96.6 Å². The molecular formula is C21H27N7. The fraction of sp³-hybridized carbons (Fsp3) is 0.524. The van der Waals surface area contributed by atoms with Gasteiger partial charge in [0, 0.05) is 24.9 Å². The zero-order chi connectivity index (χ0) is 19.1. The van der Waals surface area contributed by atoms with E-state index in [1.54, 1.807) is 0 Å². The zero-order valence-electron chi connectivity index (χ0n) is 16.4. The number of aryl methyl sites for hydroxylation is 1. The van der Waals surface area contributed by atoms with Crippen LogP contribution in [0.25, 0.3) is 11.2 Å². The molecule has 146 valence electrons. The first-order valence-electron chi connectivity index (χ1n) is 10.3. The van der Waals surface area contributed by atoms with Gasteiger partial charge in [-0.15, -0.1) is 0 Å². The molecule has 7 nitrogen and oxygen atoms in total. The van der Waals surface area contributed by atoms with E-state index in [-0.39, 0.29) is 5.41 Å². The molecule has 7 heteroatoms. The molecule has 0 bridgehead atoms. The van der Waals surface area contributed by atoms with Crippen molar-refractivity contribution in [1.82, 2.24) is 25.1 Å². The highest BCUT2D eigenvalue weighted by molar-refractivity contribution is 5.86. The van der Waals surface area contributed by atoms with Crippen molar-refractivity contribution in [1.29, 1.82) is 0 Å². The van der Waals surface area contributed by atoms with Gasteiger partial charge in [0.05, 0.1) is 17.1 Å². The Kier molecular flexibility index (Phi) is 4.27. The highest BCUT2D eigenvalue weighted by Crippen LogP contribution is 2.42. The highest BCUT2D eigenvalue weighted by Gasteiger charge is 2.31. The molecule has 1 saturated carbocycles. The molecule has 0 spiro atoms. The molecule has 0 radical (unpaired) electrons. The highest BCUT2D eigenvalue weighted by atomic mass is 15.3. The number of aromatic amines is 1. The maximum Gasteiger partial charge on any atom is 0.183 e. The van der Waals surface area contributed by atoms with Crippen LogP contribution >= 0.6 is 0 Å². The van der Waals surface area contributed by atoms with Crippen LogP contribution in [-0.2, 0) is 6.42 Å². The first kappa shape index (κ1) is 17.6. The summed E-state index contributed by atoms with van der Waals surface area (Å²) in [4.78, 5) is 16.4. The summed E-state index contributed by atoms with van der Waals surface area (Å²) in [6.45, 7) is 3.98. The van der Waals surface area contributed by atoms with E-state index < -0.39 is 0 Å². The molecule has 1 aliphatic heterocycles. The van der Waals surface area contributed by atoms with E-state index >= 15 is 0 Å². The van der Waals surface area contributed by atoms with Gasteiger partial charge in [-0.2, -0.15) is 5.10 Å². The predicted molar refractivity (Wildman–Crippen MR) is 110 cm³/mol. The van der Waals surface area contributed by atoms with E-state index in [4.69, 9.17) is 15.7 Å². The number of pyridine rings is 1. The summed E-state index contributed by atoms with van der Waals surface area (Å²) in [5.74, 6) is 1.31. The largest absolute Gasteiger partial charge is 0.330 e. The van der Waals surface area contributed by atoms with E-state index in [0.29, 0.717) is 5.92 Å². The lowest BCUT2D eigenvalue weighted by molar-refractivity contribution is 0.206. The molecule has 4 heterocycles. The van der Waals surface area contributed by atoms with Crippen molar-refractivity contribution < 1.29 is 0 Å². The quantitative estimate of drug-likeness (QED) is 0.726. The molecule has 0 atom stereocenters. The number of rotatable bonds is 3. The number of H-pyrrole nitrogens is 1. The second-order valence-corrected chi connectivity index (χ2v) is 8.55. The number of anilines is 2. The van der Waals surface area contributed by atoms with E-state index in [9.17, 15) is 0 Å². The third-order valence-electron chi connectivity index (χ3n) is 6.58. The molecule has 0 unspecified atom stereocenters. The SMILES string of the molecule is C[C@]1(CN)CC[C@H](c2cnc3c(N4CCCc5ncccc54)n[nH]c3n2)CC1. The Morgan fingerprint density at radius 2 is 2.14 bits per heavy atom. The molecular weight excluding hydrogens is 350 g/mol. The molecule has 0 amide bonds. The summed E-state index contributed by atoms with van der Waals surface area (Å²) in [7, 11) is 0. The average molecular weight is 377 g/mol. The van der Waals surface area contributed by atoms with Crippen LogP contribution in [0.3, 0.4) is 0 Å². The zero-order valence-corrected chi connectivity index (χ0v) is 16.4. The molecule has 2 aliphatic rings.